The van der Waals surface area contributed by atoms with E-state index in [-0.39, 0.29) is 0 Å². The number of sulfone groups is 1. The van der Waals surface area contributed by atoms with Crippen molar-refractivity contribution in [3.8, 4) is 0 Å². The van der Waals surface area contributed by atoms with Gasteiger partial charge in [-0.1, -0.05) is 19.1 Å². The molecule has 2 rings (SSSR count). The van der Waals surface area contributed by atoms with Crippen LogP contribution in [0.15, 0.2) is 29.2 Å². The molecule has 0 unspecified atom stereocenters. The highest BCUT2D eigenvalue weighted by molar-refractivity contribution is 7.90. The van der Waals surface area contributed by atoms with Gasteiger partial charge in [-0.05, 0) is 56.0 Å². The second-order valence-electron chi connectivity index (χ2n) is 5.48. The maximum absolute atomic E-state index is 11.4. The van der Waals surface area contributed by atoms with Crippen molar-refractivity contribution in [2.24, 2.45) is 0 Å². The summed E-state index contributed by atoms with van der Waals surface area (Å²) < 4.78 is 22.9. The van der Waals surface area contributed by atoms with Crippen LogP contribution < -0.4 is 0 Å². The van der Waals surface area contributed by atoms with Crippen molar-refractivity contribution < 1.29 is 8.42 Å². The fourth-order valence-electron chi connectivity index (χ4n) is 2.83. The Morgan fingerprint density at radius 2 is 1.95 bits per heavy atom. The molecule has 1 aromatic rings. The fourth-order valence-corrected chi connectivity index (χ4v) is 3.46. The van der Waals surface area contributed by atoms with E-state index in [0.717, 1.165) is 13.1 Å². The number of benzene rings is 1. The average molecular weight is 281 g/mol. The molecule has 4 heteroatoms. The molecule has 0 spiro atoms. The molecule has 0 aromatic heterocycles. The van der Waals surface area contributed by atoms with Gasteiger partial charge in [-0.2, -0.15) is 0 Å². The SMILES string of the molecule is CCCN1CCC[C@H](c2ccc(S(C)(=O)=O)cc2)C1. The van der Waals surface area contributed by atoms with Crippen LogP contribution in [0.1, 0.15) is 37.7 Å². The molecule has 0 bridgehead atoms. The monoisotopic (exact) mass is 281 g/mol. The lowest BCUT2D eigenvalue weighted by Gasteiger charge is -2.32. The third-order valence-corrected chi connectivity index (χ3v) is 4.95. The van der Waals surface area contributed by atoms with Gasteiger partial charge in [-0.15, -0.1) is 0 Å². The number of hydrogen-bond acceptors (Lipinski definition) is 3. The number of likely N-dealkylation sites (tertiary alicyclic amines) is 1. The number of rotatable bonds is 4. The van der Waals surface area contributed by atoms with Gasteiger partial charge < -0.3 is 4.90 Å². The Kier molecular flexibility index (Phi) is 4.63. The summed E-state index contributed by atoms with van der Waals surface area (Å²) in [6.45, 7) is 5.68. The molecule has 1 aromatic carbocycles. The molecule has 1 aliphatic rings. The highest BCUT2D eigenvalue weighted by Crippen LogP contribution is 2.27. The van der Waals surface area contributed by atoms with Crippen LogP contribution in [0.25, 0.3) is 0 Å². The molecule has 0 saturated carbocycles. The predicted octanol–water partition coefficient (Wildman–Crippen LogP) is 2.68. The Morgan fingerprint density at radius 1 is 1.26 bits per heavy atom. The van der Waals surface area contributed by atoms with Gasteiger partial charge in [0.05, 0.1) is 4.90 Å². The van der Waals surface area contributed by atoms with Gasteiger partial charge in [0.2, 0.25) is 0 Å². The summed E-state index contributed by atoms with van der Waals surface area (Å²) in [6, 6.07) is 7.44. The Labute approximate surface area is 116 Å². The maximum atomic E-state index is 11.4. The summed E-state index contributed by atoms with van der Waals surface area (Å²) >= 11 is 0. The summed E-state index contributed by atoms with van der Waals surface area (Å²) in [5.41, 5.74) is 1.27. The third-order valence-electron chi connectivity index (χ3n) is 3.83. The zero-order chi connectivity index (χ0) is 13.9. The van der Waals surface area contributed by atoms with Gasteiger partial charge in [0.1, 0.15) is 0 Å². The highest BCUT2D eigenvalue weighted by Gasteiger charge is 2.20. The topological polar surface area (TPSA) is 37.4 Å². The minimum Gasteiger partial charge on any atom is -0.303 e. The van der Waals surface area contributed by atoms with Crippen LogP contribution in [0.4, 0.5) is 0 Å². The molecule has 106 valence electrons. The Hall–Kier alpha value is -0.870. The van der Waals surface area contributed by atoms with Crippen LogP contribution in [0.2, 0.25) is 0 Å². The van der Waals surface area contributed by atoms with Crippen molar-refractivity contribution in [3.63, 3.8) is 0 Å². The van der Waals surface area contributed by atoms with E-state index in [2.05, 4.69) is 11.8 Å². The molecule has 0 radical (unpaired) electrons. The van der Waals surface area contributed by atoms with Crippen LogP contribution in [0, 0.1) is 0 Å². The standard InChI is InChI=1S/C15H23NO2S/c1-3-10-16-11-4-5-14(12-16)13-6-8-15(9-7-13)19(2,17)18/h6-9,14H,3-5,10-12H2,1-2H3/t14-/m0/s1. The molecule has 1 atom stereocenters. The summed E-state index contributed by atoms with van der Waals surface area (Å²) in [7, 11) is -3.08. The summed E-state index contributed by atoms with van der Waals surface area (Å²) in [4.78, 5) is 2.93. The lowest BCUT2D eigenvalue weighted by molar-refractivity contribution is 0.208. The first kappa shape index (κ1) is 14.5. The molecule has 1 aliphatic heterocycles. The quantitative estimate of drug-likeness (QED) is 0.851. The Bertz CT molecular complexity index is 505. The van der Waals surface area contributed by atoms with Gasteiger partial charge >= 0.3 is 0 Å². The average Bonchev–Trinajstić information content (AvgIpc) is 2.39. The van der Waals surface area contributed by atoms with Crippen molar-refractivity contribution >= 4 is 9.84 Å². The number of piperidine rings is 1. The van der Waals surface area contributed by atoms with E-state index in [0.29, 0.717) is 10.8 Å². The van der Waals surface area contributed by atoms with Crippen LogP contribution >= 0.6 is 0 Å². The summed E-state index contributed by atoms with van der Waals surface area (Å²) in [5, 5.41) is 0. The Balaban J connectivity index is 2.09. The fraction of sp³-hybridized carbons (Fsp3) is 0.600. The lowest BCUT2D eigenvalue weighted by atomic mass is 9.90. The van der Waals surface area contributed by atoms with E-state index in [9.17, 15) is 8.42 Å². The van der Waals surface area contributed by atoms with E-state index in [1.807, 2.05) is 12.1 Å². The maximum Gasteiger partial charge on any atom is 0.175 e. The highest BCUT2D eigenvalue weighted by atomic mass is 32.2. The van der Waals surface area contributed by atoms with Crippen LogP contribution in [0.3, 0.4) is 0 Å². The van der Waals surface area contributed by atoms with Gasteiger partial charge in [0.25, 0.3) is 0 Å². The van der Waals surface area contributed by atoms with Gasteiger partial charge in [0, 0.05) is 12.8 Å². The van der Waals surface area contributed by atoms with Crippen molar-refractivity contribution in [3.05, 3.63) is 29.8 Å². The molecule has 3 nitrogen and oxygen atoms in total. The molecule has 19 heavy (non-hydrogen) atoms. The lowest BCUT2D eigenvalue weighted by Crippen LogP contribution is -2.34. The third kappa shape index (κ3) is 3.80. The van der Waals surface area contributed by atoms with Crippen LogP contribution in [-0.4, -0.2) is 39.2 Å². The van der Waals surface area contributed by atoms with Crippen molar-refractivity contribution in [1.29, 1.82) is 0 Å². The van der Waals surface area contributed by atoms with Crippen LogP contribution in [0.5, 0.6) is 0 Å². The van der Waals surface area contributed by atoms with Crippen molar-refractivity contribution in [2.75, 3.05) is 25.9 Å². The minimum absolute atomic E-state index is 0.414. The minimum atomic E-state index is -3.08. The zero-order valence-corrected chi connectivity index (χ0v) is 12.6. The largest absolute Gasteiger partial charge is 0.303 e. The van der Waals surface area contributed by atoms with E-state index in [1.54, 1.807) is 12.1 Å². The molecule has 1 heterocycles. The van der Waals surface area contributed by atoms with Crippen LogP contribution in [-0.2, 0) is 9.84 Å². The summed E-state index contributed by atoms with van der Waals surface area (Å²) in [6.07, 6.45) is 4.89. The molecule has 0 aliphatic carbocycles. The van der Waals surface area contributed by atoms with Crippen molar-refractivity contribution in [2.45, 2.75) is 37.0 Å². The first-order chi connectivity index (χ1) is 9.00. The number of nitrogens with zero attached hydrogens (tertiary/aromatic N) is 1. The smallest absolute Gasteiger partial charge is 0.175 e. The summed E-state index contributed by atoms with van der Waals surface area (Å²) in [5.74, 6) is 0.550. The van der Waals surface area contributed by atoms with E-state index in [1.165, 1.54) is 37.6 Å². The molecule has 0 N–H and O–H groups in total. The van der Waals surface area contributed by atoms with E-state index in [4.69, 9.17) is 0 Å². The first-order valence-electron chi connectivity index (χ1n) is 7.03. The van der Waals surface area contributed by atoms with E-state index >= 15 is 0 Å². The second-order valence-corrected chi connectivity index (χ2v) is 7.50. The molecule has 1 saturated heterocycles. The van der Waals surface area contributed by atoms with Gasteiger partial charge in [-0.3, -0.25) is 0 Å². The predicted molar refractivity (Wildman–Crippen MR) is 78.3 cm³/mol. The molecular formula is C15H23NO2S. The van der Waals surface area contributed by atoms with Crippen molar-refractivity contribution in [1.82, 2.24) is 4.90 Å². The molecule has 1 fully saturated rings. The first-order valence-corrected chi connectivity index (χ1v) is 8.92. The molecule has 0 amide bonds. The Morgan fingerprint density at radius 3 is 2.53 bits per heavy atom. The van der Waals surface area contributed by atoms with E-state index < -0.39 is 9.84 Å². The normalized spacial score (nSPS) is 21.5. The molecular weight excluding hydrogens is 258 g/mol. The second kappa shape index (κ2) is 6.06. The number of hydrogen-bond donors (Lipinski definition) is 0. The van der Waals surface area contributed by atoms with Gasteiger partial charge in [-0.25, -0.2) is 8.42 Å². The zero-order valence-electron chi connectivity index (χ0n) is 11.8. The van der Waals surface area contributed by atoms with Gasteiger partial charge in [0.15, 0.2) is 9.84 Å².